The van der Waals surface area contributed by atoms with Gasteiger partial charge in [-0.3, -0.25) is 4.79 Å². The Labute approximate surface area is 136 Å². The highest BCUT2D eigenvalue weighted by molar-refractivity contribution is 6.33. The molecule has 3 heteroatoms. The van der Waals surface area contributed by atoms with Crippen LogP contribution in [0.1, 0.15) is 36.7 Å². The minimum Gasteiger partial charge on any atom is -0.321 e. The van der Waals surface area contributed by atoms with Gasteiger partial charge in [-0.25, -0.2) is 0 Å². The molecule has 0 aromatic heterocycles. The van der Waals surface area contributed by atoms with E-state index in [1.54, 1.807) is 12.1 Å². The second-order valence-corrected chi connectivity index (χ2v) is 6.66. The van der Waals surface area contributed by atoms with Crippen LogP contribution in [0.5, 0.6) is 0 Å². The Balaban J connectivity index is 2.09. The molecule has 1 N–H and O–H groups in total. The number of hydrogen-bond donors (Lipinski definition) is 1. The van der Waals surface area contributed by atoms with Crippen molar-refractivity contribution in [1.82, 2.24) is 0 Å². The fraction of sp³-hybridized carbons (Fsp3) is 0.211. The zero-order valence-electron chi connectivity index (χ0n) is 13.1. The zero-order valence-corrected chi connectivity index (χ0v) is 13.8. The van der Waals surface area contributed by atoms with Crippen LogP contribution in [-0.4, -0.2) is 5.91 Å². The van der Waals surface area contributed by atoms with Crippen LogP contribution >= 0.6 is 11.6 Å². The lowest BCUT2D eigenvalue weighted by molar-refractivity contribution is 0.102. The first-order valence-electron chi connectivity index (χ1n) is 7.20. The van der Waals surface area contributed by atoms with Crippen molar-refractivity contribution in [1.29, 1.82) is 0 Å². The van der Waals surface area contributed by atoms with Gasteiger partial charge >= 0.3 is 0 Å². The Morgan fingerprint density at radius 1 is 1.05 bits per heavy atom. The first-order valence-corrected chi connectivity index (χ1v) is 7.58. The summed E-state index contributed by atoms with van der Waals surface area (Å²) in [6, 6.07) is 14.7. The summed E-state index contributed by atoms with van der Waals surface area (Å²) in [5, 5.41) is 3.34. The highest BCUT2D eigenvalue weighted by Crippen LogP contribution is 2.21. The number of amides is 1. The van der Waals surface area contributed by atoms with Gasteiger partial charge in [-0.15, -0.1) is 0 Å². The molecule has 0 heterocycles. The second-order valence-electron chi connectivity index (χ2n) is 6.26. The molecule has 0 fully saturated rings. The number of carbonyl (C=O) groups is 1. The van der Waals surface area contributed by atoms with Crippen molar-refractivity contribution in [2.24, 2.45) is 5.41 Å². The summed E-state index contributed by atoms with van der Waals surface area (Å²) in [5.74, 6) is -0.167. The zero-order chi connectivity index (χ0) is 16.2. The summed E-state index contributed by atoms with van der Waals surface area (Å²) in [7, 11) is 0. The number of anilines is 1. The van der Waals surface area contributed by atoms with Crippen LogP contribution in [0, 0.1) is 5.41 Å². The lowest BCUT2D eigenvalue weighted by Crippen LogP contribution is -2.12. The van der Waals surface area contributed by atoms with Crippen LogP contribution in [0.3, 0.4) is 0 Å². The minimum absolute atomic E-state index is 0.139. The molecule has 0 atom stereocenters. The molecule has 0 radical (unpaired) electrons. The molecule has 2 rings (SSSR count). The fourth-order valence-corrected chi connectivity index (χ4v) is 2.03. The number of para-hydroxylation sites is 1. The highest BCUT2D eigenvalue weighted by atomic mass is 35.5. The van der Waals surface area contributed by atoms with E-state index < -0.39 is 0 Å². The van der Waals surface area contributed by atoms with Crippen LogP contribution in [0.15, 0.2) is 54.6 Å². The van der Waals surface area contributed by atoms with Gasteiger partial charge in [0.2, 0.25) is 0 Å². The van der Waals surface area contributed by atoms with Crippen molar-refractivity contribution in [2.75, 3.05) is 5.32 Å². The van der Waals surface area contributed by atoms with Gasteiger partial charge in [-0.05, 0) is 35.2 Å². The first kappa shape index (κ1) is 16.3. The second kappa shape index (κ2) is 6.80. The lowest BCUT2D eigenvalue weighted by atomic mass is 9.95. The standard InChI is InChI=1S/C19H20ClNO/c1-19(2,3)13-12-14-8-10-15(11-9-14)18(22)21-17-7-5-4-6-16(17)20/h4-13H,1-3H3,(H,21,22)/b13-12+. The molecule has 22 heavy (non-hydrogen) atoms. The van der Waals surface area contributed by atoms with Crippen molar-refractivity contribution >= 4 is 29.3 Å². The monoisotopic (exact) mass is 313 g/mol. The number of halogens is 1. The van der Waals surface area contributed by atoms with Gasteiger partial charge in [-0.2, -0.15) is 0 Å². The van der Waals surface area contributed by atoms with Crippen LogP contribution in [0.25, 0.3) is 6.08 Å². The number of allylic oxidation sites excluding steroid dienone is 1. The molecule has 0 aliphatic rings. The van der Waals surface area contributed by atoms with Crippen molar-refractivity contribution in [3.63, 3.8) is 0 Å². The Bertz CT molecular complexity index is 681. The number of hydrogen-bond acceptors (Lipinski definition) is 1. The van der Waals surface area contributed by atoms with E-state index in [9.17, 15) is 4.79 Å². The Hall–Kier alpha value is -2.06. The molecule has 0 spiro atoms. The molecule has 2 aromatic carbocycles. The fourth-order valence-electron chi connectivity index (χ4n) is 1.85. The Morgan fingerprint density at radius 3 is 2.27 bits per heavy atom. The number of nitrogens with one attached hydrogen (secondary N) is 1. The SMILES string of the molecule is CC(C)(C)/C=C/c1ccc(C(=O)Nc2ccccc2Cl)cc1. The molecule has 2 nitrogen and oxygen atoms in total. The quantitative estimate of drug-likeness (QED) is 0.779. The van der Waals surface area contributed by atoms with Crippen molar-refractivity contribution < 1.29 is 4.79 Å². The Morgan fingerprint density at radius 2 is 1.68 bits per heavy atom. The van der Waals surface area contributed by atoms with Gasteiger partial charge in [0.25, 0.3) is 5.91 Å². The number of carbonyl (C=O) groups excluding carboxylic acids is 1. The minimum atomic E-state index is -0.167. The third kappa shape index (κ3) is 4.74. The third-order valence-corrected chi connectivity index (χ3v) is 3.40. The molecule has 0 bridgehead atoms. The summed E-state index contributed by atoms with van der Waals surface area (Å²) >= 11 is 6.04. The molecule has 114 valence electrons. The van der Waals surface area contributed by atoms with Crippen molar-refractivity contribution in [3.05, 3.63) is 70.8 Å². The predicted molar refractivity (Wildman–Crippen MR) is 94.3 cm³/mol. The molecular weight excluding hydrogens is 294 g/mol. The largest absolute Gasteiger partial charge is 0.321 e. The average molecular weight is 314 g/mol. The van der Waals surface area contributed by atoms with E-state index in [0.29, 0.717) is 16.3 Å². The van der Waals surface area contributed by atoms with E-state index in [0.717, 1.165) is 5.56 Å². The smallest absolute Gasteiger partial charge is 0.255 e. The summed E-state index contributed by atoms with van der Waals surface area (Å²) in [5.41, 5.74) is 2.43. The first-order chi connectivity index (χ1) is 10.3. The summed E-state index contributed by atoms with van der Waals surface area (Å²) in [6.07, 6.45) is 4.21. The van der Waals surface area contributed by atoms with Crippen LogP contribution in [-0.2, 0) is 0 Å². The third-order valence-electron chi connectivity index (χ3n) is 3.07. The number of benzene rings is 2. The topological polar surface area (TPSA) is 29.1 Å². The van der Waals surface area contributed by atoms with Crippen LogP contribution in [0.2, 0.25) is 5.02 Å². The van der Waals surface area contributed by atoms with Gasteiger partial charge < -0.3 is 5.32 Å². The van der Waals surface area contributed by atoms with Gasteiger partial charge in [-0.1, -0.05) is 68.8 Å². The molecule has 0 saturated heterocycles. The van der Waals surface area contributed by atoms with Gasteiger partial charge in [0.15, 0.2) is 0 Å². The average Bonchev–Trinajstić information content (AvgIpc) is 2.47. The van der Waals surface area contributed by atoms with E-state index in [1.165, 1.54) is 0 Å². The maximum atomic E-state index is 12.2. The van der Waals surface area contributed by atoms with Gasteiger partial charge in [0.05, 0.1) is 10.7 Å². The molecular formula is C19H20ClNO. The molecule has 0 aliphatic heterocycles. The maximum absolute atomic E-state index is 12.2. The molecule has 0 saturated carbocycles. The van der Waals surface area contributed by atoms with Crippen LogP contribution in [0.4, 0.5) is 5.69 Å². The van der Waals surface area contributed by atoms with E-state index in [4.69, 9.17) is 11.6 Å². The van der Waals surface area contributed by atoms with Crippen molar-refractivity contribution in [2.45, 2.75) is 20.8 Å². The molecule has 0 unspecified atom stereocenters. The number of rotatable bonds is 3. The van der Waals surface area contributed by atoms with E-state index >= 15 is 0 Å². The highest BCUT2D eigenvalue weighted by Gasteiger charge is 2.08. The van der Waals surface area contributed by atoms with Crippen molar-refractivity contribution in [3.8, 4) is 0 Å². The molecule has 1 amide bonds. The summed E-state index contributed by atoms with van der Waals surface area (Å²) in [4.78, 5) is 12.2. The Kier molecular flexibility index (Phi) is 5.04. The molecule has 2 aromatic rings. The summed E-state index contributed by atoms with van der Waals surface area (Å²) in [6.45, 7) is 6.44. The summed E-state index contributed by atoms with van der Waals surface area (Å²) < 4.78 is 0. The molecule has 0 aliphatic carbocycles. The van der Waals surface area contributed by atoms with E-state index in [2.05, 4.69) is 38.2 Å². The normalized spacial score (nSPS) is 11.6. The van der Waals surface area contributed by atoms with E-state index in [1.807, 2.05) is 36.4 Å². The van der Waals surface area contributed by atoms with Gasteiger partial charge in [0, 0.05) is 5.56 Å². The predicted octanol–water partition coefficient (Wildman–Crippen LogP) is 5.65. The lowest BCUT2D eigenvalue weighted by Gasteiger charge is -2.11. The maximum Gasteiger partial charge on any atom is 0.255 e. The van der Waals surface area contributed by atoms with Crippen LogP contribution < -0.4 is 5.32 Å². The van der Waals surface area contributed by atoms with E-state index in [-0.39, 0.29) is 11.3 Å². The van der Waals surface area contributed by atoms with Gasteiger partial charge in [0.1, 0.15) is 0 Å².